The van der Waals surface area contributed by atoms with Crippen molar-refractivity contribution in [1.82, 2.24) is 0 Å². The molecular formula is C32H64NO4+. The molecule has 0 fully saturated rings. The highest BCUT2D eigenvalue weighted by Gasteiger charge is 2.05. The van der Waals surface area contributed by atoms with E-state index in [-0.39, 0.29) is 11.9 Å². The van der Waals surface area contributed by atoms with Crippen LogP contribution in [0.2, 0.25) is 0 Å². The van der Waals surface area contributed by atoms with Gasteiger partial charge >= 0.3 is 11.9 Å². The van der Waals surface area contributed by atoms with Crippen molar-refractivity contribution in [3.05, 3.63) is 0 Å². The SMILES string of the molecule is CCCCCCCCCCCCCC(=O)OCC[NH2+]CCOC(=O)CCCCCCCCCCCCC. The topological polar surface area (TPSA) is 69.2 Å². The van der Waals surface area contributed by atoms with Gasteiger partial charge in [0, 0.05) is 12.8 Å². The molecule has 0 heterocycles. The Morgan fingerprint density at radius 2 is 0.703 bits per heavy atom. The van der Waals surface area contributed by atoms with Gasteiger partial charge in [-0.05, 0) is 12.8 Å². The number of esters is 2. The summed E-state index contributed by atoms with van der Waals surface area (Å²) in [5, 5.41) is 2.05. The van der Waals surface area contributed by atoms with Gasteiger partial charge in [0.25, 0.3) is 0 Å². The van der Waals surface area contributed by atoms with E-state index >= 15 is 0 Å². The molecule has 220 valence electrons. The van der Waals surface area contributed by atoms with Crippen molar-refractivity contribution in [3.63, 3.8) is 0 Å². The standard InChI is InChI=1S/C32H63NO4/c1-3-5-7-9-11-13-15-17-19-21-23-25-31(34)36-29-27-33-28-30-37-32(35)26-24-22-20-18-16-14-12-10-8-6-4-2/h33H,3-30H2,1-2H3/p+1. The second kappa shape index (κ2) is 31.1. The van der Waals surface area contributed by atoms with E-state index < -0.39 is 0 Å². The lowest BCUT2D eigenvalue weighted by Gasteiger charge is -2.06. The quantitative estimate of drug-likeness (QED) is 0.0759. The van der Waals surface area contributed by atoms with Crippen molar-refractivity contribution in [2.75, 3.05) is 26.3 Å². The van der Waals surface area contributed by atoms with Crippen molar-refractivity contribution in [2.24, 2.45) is 0 Å². The summed E-state index contributed by atoms with van der Waals surface area (Å²) in [4.78, 5) is 23.6. The summed E-state index contributed by atoms with van der Waals surface area (Å²) in [5.74, 6) is -0.162. The Morgan fingerprint density at radius 3 is 1.00 bits per heavy atom. The Balaban J connectivity index is 3.26. The first kappa shape index (κ1) is 35.9. The third-order valence-corrected chi connectivity index (χ3v) is 7.14. The van der Waals surface area contributed by atoms with Crippen LogP contribution in [-0.2, 0) is 19.1 Å². The van der Waals surface area contributed by atoms with Crippen LogP contribution in [0.25, 0.3) is 0 Å². The fourth-order valence-corrected chi connectivity index (χ4v) is 4.67. The zero-order valence-electron chi connectivity index (χ0n) is 25.0. The Kier molecular flexibility index (Phi) is 30.2. The van der Waals surface area contributed by atoms with Crippen molar-refractivity contribution in [1.29, 1.82) is 0 Å². The van der Waals surface area contributed by atoms with E-state index in [4.69, 9.17) is 9.47 Å². The van der Waals surface area contributed by atoms with Crippen LogP contribution in [0.4, 0.5) is 0 Å². The molecule has 0 amide bonds. The van der Waals surface area contributed by atoms with Gasteiger partial charge in [-0.25, -0.2) is 0 Å². The molecule has 0 unspecified atom stereocenters. The lowest BCUT2D eigenvalue weighted by atomic mass is 10.1. The van der Waals surface area contributed by atoms with Gasteiger partial charge < -0.3 is 14.8 Å². The van der Waals surface area contributed by atoms with Gasteiger partial charge in [-0.2, -0.15) is 0 Å². The number of hydrogen-bond donors (Lipinski definition) is 1. The number of ether oxygens (including phenoxy) is 2. The van der Waals surface area contributed by atoms with Crippen LogP contribution in [0.15, 0.2) is 0 Å². The minimum Gasteiger partial charge on any atom is -0.460 e. The molecule has 0 rings (SSSR count). The number of nitrogens with two attached hydrogens (primary N) is 1. The lowest BCUT2D eigenvalue weighted by molar-refractivity contribution is -0.656. The van der Waals surface area contributed by atoms with E-state index in [0.29, 0.717) is 26.1 Å². The molecule has 0 bridgehead atoms. The third kappa shape index (κ3) is 31.0. The minimum atomic E-state index is -0.0808. The van der Waals surface area contributed by atoms with Crippen LogP contribution < -0.4 is 5.32 Å². The second-order valence-electron chi connectivity index (χ2n) is 10.9. The zero-order chi connectivity index (χ0) is 27.1. The first-order chi connectivity index (χ1) is 18.2. The van der Waals surface area contributed by atoms with Gasteiger partial charge in [-0.3, -0.25) is 9.59 Å². The molecular weight excluding hydrogens is 462 g/mol. The van der Waals surface area contributed by atoms with Crippen molar-refractivity contribution < 1.29 is 24.4 Å². The van der Waals surface area contributed by atoms with Gasteiger partial charge in [-0.1, -0.05) is 142 Å². The van der Waals surface area contributed by atoms with E-state index in [1.54, 1.807) is 0 Å². The molecule has 0 aromatic heterocycles. The maximum atomic E-state index is 11.8. The number of carbonyl (C=O) groups is 2. The summed E-state index contributed by atoms with van der Waals surface area (Å²) >= 11 is 0. The predicted molar refractivity (Wildman–Crippen MR) is 156 cm³/mol. The molecule has 0 aromatic carbocycles. The Hall–Kier alpha value is -1.10. The maximum absolute atomic E-state index is 11.8. The Bertz CT molecular complexity index is 441. The van der Waals surface area contributed by atoms with Crippen LogP contribution in [0, 0.1) is 0 Å². The van der Waals surface area contributed by atoms with E-state index in [9.17, 15) is 9.59 Å². The summed E-state index contributed by atoms with van der Waals surface area (Å²) in [6, 6.07) is 0. The Labute approximate surface area is 230 Å². The molecule has 0 radical (unpaired) electrons. The first-order valence-electron chi connectivity index (χ1n) is 16.3. The summed E-state index contributed by atoms with van der Waals surface area (Å²) < 4.78 is 10.6. The summed E-state index contributed by atoms with van der Waals surface area (Å²) in [7, 11) is 0. The average molecular weight is 527 g/mol. The molecule has 0 saturated heterocycles. The van der Waals surface area contributed by atoms with Gasteiger partial charge in [0.15, 0.2) is 0 Å². The summed E-state index contributed by atoms with van der Waals surface area (Å²) in [6.45, 7) is 6.83. The van der Waals surface area contributed by atoms with E-state index in [1.807, 2.05) is 5.32 Å². The first-order valence-corrected chi connectivity index (χ1v) is 16.3. The largest absolute Gasteiger partial charge is 0.460 e. The molecule has 37 heavy (non-hydrogen) atoms. The van der Waals surface area contributed by atoms with Crippen LogP contribution in [0.1, 0.15) is 168 Å². The highest BCUT2D eigenvalue weighted by molar-refractivity contribution is 5.69. The van der Waals surface area contributed by atoms with Gasteiger partial charge in [0.1, 0.15) is 26.3 Å². The normalized spacial score (nSPS) is 11.1. The molecule has 0 spiro atoms. The maximum Gasteiger partial charge on any atom is 0.305 e. The molecule has 0 saturated carbocycles. The monoisotopic (exact) mass is 526 g/mol. The van der Waals surface area contributed by atoms with E-state index in [0.717, 1.165) is 38.8 Å². The number of quaternary nitrogens is 1. The minimum absolute atomic E-state index is 0.0808. The Morgan fingerprint density at radius 1 is 0.432 bits per heavy atom. The molecule has 5 nitrogen and oxygen atoms in total. The van der Waals surface area contributed by atoms with Gasteiger partial charge in [0.05, 0.1) is 0 Å². The molecule has 0 aliphatic rings. The van der Waals surface area contributed by atoms with Crippen molar-refractivity contribution in [3.8, 4) is 0 Å². The second-order valence-corrected chi connectivity index (χ2v) is 10.9. The summed E-state index contributed by atoms with van der Waals surface area (Å²) in [6.07, 6.45) is 29.4. The highest BCUT2D eigenvalue weighted by atomic mass is 16.5. The zero-order valence-corrected chi connectivity index (χ0v) is 25.0. The molecule has 0 aromatic rings. The van der Waals surface area contributed by atoms with E-state index in [2.05, 4.69) is 13.8 Å². The molecule has 0 atom stereocenters. The van der Waals surface area contributed by atoms with Crippen LogP contribution in [0.3, 0.4) is 0 Å². The van der Waals surface area contributed by atoms with Crippen molar-refractivity contribution >= 4 is 11.9 Å². The highest BCUT2D eigenvalue weighted by Crippen LogP contribution is 2.13. The van der Waals surface area contributed by atoms with Crippen molar-refractivity contribution in [2.45, 2.75) is 168 Å². The lowest BCUT2D eigenvalue weighted by Crippen LogP contribution is -2.86. The van der Waals surface area contributed by atoms with E-state index in [1.165, 1.54) is 116 Å². The van der Waals surface area contributed by atoms with Gasteiger partial charge in [-0.15, -0.1) is 0 Å². The number of unbranched alkanes of at least 4 members (excludes halogenated alkanes) is 20. The molecule has 0 aliphatic heterocycles. The fraction of sp³-hybridized carbons (Fsp3) is 0.938. The van der Waals surface area contributed by atoms with Crippen LogP contribution in [0.5, 0.6) is 0 Å². The molecule has 0 aliphatic carbocycles. The summed E-state index contributed by atoms with van der Waals surface area (Å²) in [5.41, 5.74) is 0. The number of rotatable bonds is 30. The smallest absolute Gasteiger partial charge is 0.305 e. The van der Waals surface area contributed by atoms with Gasteiger partial charge in [0.2, 0.25) is 0 Å². The van der Waals surface area contributed by atoms with Crippen LogP contribution >= 0.6 is 0 Å². The number of carbonyl (C=O) groups excluding carboxylic acids is 2. The average Bonchev–Trinajstić information content (AvgIpc) is 2.89. The molecule has 2 N–H and O–H groups in total. The number of hydrogen-bond acceptors (Lipinski definition) is 4. The third-order valence-electron chi connectivity index (χ3n) is 7.14. The predicted octanol–water partition coefficient (Wildman–Crippen LogP) is 8.04. The fourth-order valence-electron chi connectivity index (χ4n) is 4.67. The van der Waals surface area contributed by atoms with Crippen LogP contribution in [-0.4, -0.2) is 38.2 Å². The molecule has 5 heteroatoms.